The molecule has 0 spiro atoms. The van der Waals surface area contributed by atoms with Crippen molar-refractivity contribution in [3.05, 3.63) is 34.9 Å². The van der Waals surface area contributed by atoms with E-state index in [1.54, 1.807) is 18.2 Å². The van der Waals surface area contributed by atoms with Crippen molar-refractivity contribution in [1.29, 1.82) is 0 Å². The van der Waals surface area contributed by atoms with Crippen molar-refractivity contribution in [2.45, 2.75) is 25.3 Å². The Bertz CT molecular complexity index is 469. The highest BCUT2D eigenvalue weighted by Crippen LogP contribution is 2.27. The Labute approximate surface area is 110 Å². The van der Waals surface area contributed by atoms with Gasteiger partial charge in [0.1, 0.15) is 0 Å². The maximum atomic E-state index is 11.7. The molecular weight excluding hydrogens is 254 g/mol. The first-order valence-electron chi connectivity index (χ1n) is 5.81. The number of hydrogen-bond acceptors (Lipinski definition) is 2. The zero-order valence-electron chi connectivity index (χ0n) is 9.73. The van der Waals surface area contributed by atoms with E-state index < -0.39 is 5.97 Å². The van der Waals surface area contributed by atoms with Gasteiger partial charge in [-0.1, -0.05) is 23.7 Å². The second kappa shape index (κ2) is 5.40. The lowest BCUT2D eigenvalue weighted by atomic mass is 9.80. The molecular formula is C13H14ClNO3. The monoisotopic (exact) mass is 267 g/mol. The number of halogens is 1. The normalized spacial score (nSPS) is 22.1. The fourth-order valence-corrected chi connectivity index (χ4v) is 2.26. The molecule has 1 saturated carbocycles. The molecule has 1 fully saturated rings. The van der Waals surface area contributed by atoms with Gasteiger partial charge in [0, 0.05) is 11.1 Å². The maximum Gasteiger partial charge on any atom is 0.306 e. The van der Waals surface area contributed by atoms with Gasteiger partial charge in [-0.15, -0.1) is 0 Å². The van der Waals surface area contributed by atoms with E-state index in [0.717, 1.165) is 5.56 Å². The van der Waals surface area contributed by atoms with Gasteiger partial charge in [-0.05, 0) is 30.5 Å². The number of hydrogen-bond donors (Lipinski definition) is 2. The number of carbonyl (C=O) groups excluding carboxylic acids is 1. The van der Waals surface area contributed by atoms with Crippen LogP contribution in [0.1, 0.15) is 18.4 Å². The first-order valence-corrected chi connectivity index (χ1v) is 6.19. The Balaban J connectivity index is 1.78. The minimum absolute atomic E-state index is 0.00205. The SMILES string of the molecule is O=C(Cc1cccc(Cl)c1)NC1CC(C(=O)O)C1. The molecule has 4 nitrogen and oxygen atoms in total. The summed E-state index contributed by atoms with van der Waals surface area (Å²) in [6, 6.07) is 7.15. The van der Waals surface area contributed by atoms with Crippen LogP contribution in [0.15, 0.2) is 24.3 Å². The molecule has 0 unspecified atom stereocenters. The molecule has 18 heavy (non-hydrogen) atoms. The van der Waals surface area contributed by atoms with Gasteiger partial charge in [-0.25, -0.2) is 0 Å². The van der Waals surface area contributed by atoms with E-state index in [-0.39, 0.29) is 24.3 Å². The largest absolute Gasteiger partial charge is 0.481 e. The summed E-state index contributed by atoms with van der Waals surface area (Å²) in [5, 5.41) is 12.2. The molecule has 1 aromatic rings. The van der Waals surface area contributed by atoms with E-state index >= 15 is 0 Å². The van der Waals surface area contributed by atoms with Gasteiger partial charge in [-0.2, -0.15) is 0 Å². The van der Waals surface area contributed by atoms with Crippen LogP contribution in [0, 0.1) is 5.92 Å². The second-order valence-electron chi connectivity index (χ2n) is 4.58. The first kappa shape index (κ1) is 12.9. The van der Waals surface area contributed by atoms with Crippen LogP contribution in [-0.2, 0) is 16.0 Å². The predicted molar refractivity (Wildman–Crippen MR) is 67.4 cm³/mol. The van der Waals surface area contributed by atoms with Gasteiger partial charge in [0.15, 0.2) is 0 Å². The highest BCUT2D eigenvalue weighted by molar-refractivity contribution is 6.30. The van der Waals surface area contributed by atoms with Crippen molar-refractivity contribution in [3.63, 3.8) is 0 Å². The Morgan fingerprint density at radius 3 is 2.72 bits per heavy atom. The number of carboxylic acids is 1. The number of amides is 1. The van der Waals surface area contributed by atoms with E-state index in [9.17, 15) is 9.59 Å². The summed E-state index contributed by atoms with van der Waals surface area (Å²) in [7, 11) is 0. The van der Waals surface area contributed by atoms with Gasteiger partial charge in [0.2, 0.25) is 5.91 Å². The standard InChI is InChI=1S/C13H14ClNO3/c14-10-3-1-2-8(4-10)5-12(16)15-11-6-9(7-11)13(17)18/h1-4,9,11H,5-7H2,(H,15,16)(H,17,18). The molecule has 5 heteroatoms. The Morgan fingerprint density at radius 2 is 2.11 bits per heavy atom. The lowest BCUT2D eigenvalue weighted by Gasteiger charge is -2.32. The topological polar surface area (TPSA) is 66.4 Å². The van der Waals surface area contributed by atoms with E-state index in [1.165, 1.54) is 0 Å². The van der Waals surface area contributed by atoms with E-state index in [1.807, 2.05) is 6.07 Å². The van der Waals surface area contributed by atoms with Gasteiger partial charge in [0.05, 0.1) is 12.3 Å². The summed E-state index contributed by atoms with van der Waals surface area (Å²) in [5.74, 6) is -1.18. The molecule has 0 aromatic heterocycles. The summed E-state index contributed by atoms with van der Waals surface area (Å²) in [6.07, 6.45) is 1.32. The zero-order chi connectivity index (χ0) is 13.1. The molecule has 0 heterocycles. The van der Waals surface area contributed by atoms with Crippen LogP contribution in [-0.4, -0.2) is 23.0 Å². The van der Waals surface area contributed by atoms with Crippen molar-refractivity contribution in [3.8, 4) is 0 Å². The first-order chi connectivity index (χ1) is 8.54. The van der Waals surface area contributed by atoms with Crippen molar-refractivity contribution in [2.24, 2.45) is 5.92 Å². The molecule has 1 amide bonds. The van der Waals surface area contributed by atoms with Gasteiger partial charge < -0.3 is 10.4 Å². The smallest absolute Gasteiger partial charge is 0.306 e. The average Bonchev–Trinajstić information content (AvgIpc) is 2.22. The van der Waals surface area contributed by atoms with Crippen LogP contribution in [0.2, 0.25) is 5.02 Å². The summed E-state index contributed by atoms with van der Waals surface area (Å²) < 4.78 is 0. The van der Waals surface area contributed by atoms with Crippen molar-refractivity contribution in [2.75, 3.05) is 0 Å². The maximum absolute atomic E-state index is 11.7. The van der Waals surface area contributed by atoms with E-state index in [2.05, 4.69) is 5.32 Å². The Hall–Kier alpha value is -1.55. The third kappa shape index (κ3) is 3.23. The molecule has 1 aromatic carbocycles. The van der Waals surface area contributed by atoms with Gasteiger partial charge in [0.25, 0.3) is 0 Å². The fraction of sp³-hybridized carbons (Fsp3) is 0.385. The number of carboxylic acid groups (broad SMARTS) is 1. The molecule has 2 rings (SSSR count). The second-order valence-corrected chi connectivity index (χ2v) is 5.01. The van der Waals surface area contributed by atoms with Crippen LogP contribution >= 0.6 is 11.6 Å². The molecule has 0 aliphatic heterocycles. The van der Waals surface area contributed by atoms with Crippen LogP contribution in [0.3, 0.4) is 0 Å². The quantitative estimate of drug-likeness (QED) is 0.875. The lowest BCUT2D eigenvalue weighted by molar-refractivity contribution is -0.146. The van der Waals surface area contributed by atoms with Crippen LogP contribution in [0.5, 0.6) is 0 Å². The highest BCUT2D eigenvalue weighted by Gasteiger charge is 2.35. The van der Waals surface area contributed by atoms with Crippen molar-refractivity contribution in [1.82, 2.24) is 5.32 Å². The molecule has 0 radical (unpaired) electrons. The van der Waals surface area contributed by atoms with E-state index in [0.29, 0.717) is 17.9 Å². The number of nitrogens with one attached hydrogen (secondary N) is 1. The molecule has 96 valence electrons. The number of aliphatic carboxylic acids is 1. The third-order valence-corrected chi connectivity index (χ3v) is 3.34. The number of carbonyl (C=O) groups is 2. The summed E-state index contributed by atoms with van der Waals surface area (Å²) in [5.41, 5.74) is 0.856. The van der Waals surface area contributed by atoms with Crippen molar-refractivity contribution < 1.29 is 14.7 Å². The minimum Gasteiger partial charge on any atom is -0.481 e. The lowest BCUT2D eigenvalue weighted by Crippen LogP contribution is -2.47. The van der Waals surface area contributed by atoms with Crippen molar-refractivity contribution >= 4 is 23.5 Å². The van der Waals surface area contributed by atoms with Gasteiger partial charge in [-0.3, -0.25) is 9.59 Å². The number of benzene rings is 1. The number of rotatable bonds is 4. The van der Waals surface area contributed by atoms with Crippen LogP contribution in [0.25, 0.3) is 0 Å². The van der Waals surface area contributed by atoms with E-state index in [4.69, 9.17) is 16.7 Å². The Kier molecular flexibility index (Phi) is 3.87. The zero-order valence-corrected chi connectivity index (χ0v) is 10.5. The molecule has 1 aliphatic carbocycles. The summed E-state index contributed by atoms with van der Waals surface area (Å²) >= 11 is 5.83. The third-order valence-electron chi connectivity index (χ3n) is 3.11. The summed E-state index contributed by atoms with van der Waals surface area (Å²) in [4.78, 5) is 22.3. The highest BCUT2D eigenvalue weighted by atomic mass is 35.5. The van der Waals surface area contributed by atoms with Crippen LogP contribution < -0.4 is 5.32 Å². The Morgan fingerprint density at radius 1 is 1.39 bits per heavy atom. The molecule has 0 bridgehead atoms. The summed E-state index contributed by atoms with van der Waals surface area (Å²) in [6.45, 7) is 0. The molecule has 1 aliphatic rings. The minimum atomic E-state index is -0.782. The van der Waals surface area contributed by atoms with Gasteiger partial charge >= 0.3 is 5.97 Å². The molecule has 2 N–H and O–H groups in total. The average molecular weight is 268 g/mol. The molecule has 0 saturated heterocycles. The molecule has 0 atom stereocenters. The predicted octanol–water partition coefficient (Wildman–Crippen LogP) is 1.86. The fourth-order valence-electron chi connectivity index (χ4n) is 2.05. The van der Waals surface area contributed by atoms with Crippen LogP contribution in [0.4, 0.5) is 0 Å².